The number of carbonyl (C=O) groups is 3. The van der Waals surface area contributed by atoms with Crippen LogP contribution in [0, 0.1) is 11.8 Å². The molecule has 2 unspecified atom stereocenters. The number of fused-ring (bicyclic) bond motifs is 1. The van der Waals surface area contributed by atoms with E-state index in [1.165, 1.54) is 0 Å². The zero-order valence-electron chi connectivity index (χ0n) is 25.9. The number of rotatable bonds is 16. The third-order valence-electron chi connectivity index (χ3n) is 9.72. The molecule has 4 aliphatic heterocycles. The average molecular weight is 625 g/mol. The third kappa shape index (κ3) is 6.50. The Morgan fingerprint density at radius 2 is 1.75 bits per heavy atom. The molecule has 240 valence electrons. The molecule has 4 fully saturated rings. The van der Waals surface area contributed by atoms with Crippen LogP contribution < -0.4 is 4.90 Å². The normalized spacial score (nSPS) is 27.8. The number of hydrogen-bond donors (Lipinski definition) is 1. The van der Waals surface area contributed by atoms with Crippen LogP contribution in [0.1, 0.15) is 38.5 Å². The van der Waals surface area contributed by atoms with E-state index in [9.17, 15) is 19.5 Å². The molecule has 1 spiro atoms. The van der Waals surface area contributed by atoms with Gasteiger partial charge >= 0.3 is 0 Å². The minimum absolute atomic E-state index is 0.00399. The van der Waals surface area contributed by atoms with Crippen molar-refractivity contribution in [2.24, 2.45) is 11.8 Å². The van der Waals surface area contributed by atoms with Crippen LogP contribution in [0.3, 0.4) is 0 Å². The van der Waals surface area contributed by atoms with Crippen molar-refractivity contribution in [2.75, 3.05) is 70.5 Å². The molecular weight excluding hydrogens is 576 g/mol. The highest BCUT2D eigenvalue weighted by molar-refractivity contribution is 8.02. The zero-order valence-corrected chi connectivity index (χ0v) is 26.7. The van der Waals surface area contributed by atoms with E-state index in [1.807, 2.05) is 40.1 Å². The highest BCUT2D eigenvalue weighted by Crippen LogP contribution is 2.66. The van der Waals surface area contributed by atoms with Crippen LogP contribution in [0.15, 0.2) is 55.6 Å². The van der Waals surface area contributed by atoms with E-state index in [0.29, 0.717) is 39.4 Å². The highest BCUT2D eigenvalue weighted by Gasteiger charge is 2.74. The van der Waals surface area contributed by atoms with Crippen LogP contribution in [-0.2, 0) is 19.1 Å². The number of morpholine rings is 1. The van der Waals surface area contributed by atoms with Crippen LogP contribution >= 0.6 is 11.8 Å². The summed E-state index contributed by atoms with van der Waals surface area (Å²) in [6.45, 7) is 13.6. The first-order valence-electron chi connectivity index (χ1n) is 16.2. The van der Waals surface area contributed by atoms with Gasteiger partial charge in [-0.15, -0.1) is 24.9 Å². The SMILES string of the molecule is C=CCN(CCN1CCOCC1)C(=O)C1N(CCCCCCO)C(=O)[C@@H]2[C@@H](C(=O)N(CC=C)c3ccccc3)[C@H]3CCC12S3. The van der Waals surface area contributed by atoms with Gasteiger partial charge in [-0.3, -0.25) is 19.3 Å². The molecule has 1 aromatic rings. The Balaban J connectivity index is 1.44. The lowest BCUT2D eigenvalue weighted by atomic mass is 9.70. The molecule has 5 atom stereocenters. The van der Waals surface area contributed by atoms with Crippen molar-refractivity contribution in [1.29, 1.82) is 0 Å². The van der Waals surface area contributed by atoms with Crippen molar-refractivity contribution in [2.45, 2.75) is 54.6 Å². The van der Waals surface area contributed by atoms with Crippen molar-refractivity contribution in [3.8, 4) is 0 Å². The quantitative estimate of drug-likeness (QED) is 0.223. The molecule has 44 heavy (non-hydrogen) atoms. The summed E-state index contributed by atoms with van der Waals surface area (Å²) < 4.78 is 4.88. The fourth-order valence-electron chi connectivity index (χ4n) is 7.65. The molecule has 1 N–H and O–H groups in total. The van der Waals surface area contributed by atoms with Crippen molar-refractivity contribution < 1.29 is 24.2 Å². The minimum atomic E-state index is -0.626. The largest absolute Gasteiger partial charge is 0.396 e. The Kier molecular flexibility index (Phi) is 11.2. The number of aliphatic hydroxyl groups excluding tert-OH is 1. The summed E-state index contributed by atoms with van der Waals surface area (Å²) >= 11 is 1.72. The number of anilines is 1. The molecule has 4 aliphatic rings. The number of nitrogens with zero attached hydrogens (tertiary/aromatic N) is 4. The maximum Gasteiger partial charge on any atom is 0.247 e. The lowest BCUT2D eigenvalue weighted by molar-refractivity contribution is -0.142. The van der Waals surface area contributed by atoms with Crippen LogP contribution in [-0.4, -0.2) is 119 Å². The number of benzene rings is 1. The molecule has 2 bridgehead atoms. The number of aliphatic hydroxyl groups is 1. The van der Waals surface area contributed by atoms with E-state index in [-0.39, 0.29) is 29.6 Å². The molecule has 0 saturated carbocycles. The summed E-state index contributed by atoms with van der Waals surface area (Å²) in [5.74, 6) is -1.17. The maximum absolute atomic E-state index is 14.6. The second kappa shape index (κ2) is 15.1. The van der Waals surface area contributed by atoms with Gasteiger partial charge in [-0.1, -0.05) is 43.2 Å². The van der Waals surface area contributed by atoms with Crippen LogP contribution in [0.25, 0.3) is 0 Å². The summed E-state index contributed by atoms with van der Waals surface area (Å²) in [5.41, 5.74) is 0.790. The summed E-state index contributed by atoms with van der Waals surface area (Å²) in [7, 11) is 0. The monoisotopic (exact) mass is 624 g/mol. The lowest BCUT2D eigenvalue weighted by Gasteiger charge is -2.38. The van der Waals surface area contributed by atoms with Gasteiger partial charge in [0.1, 0.15) is 6.04 Å². The first-order chi connectivity index (χ1) is 21.5. The number of amides is 3. The predicted octanol–water partition coefficient (Wildman–Crippen LogP) is 3.20. The summed E-state index contributed by atoms with van der Waals surface area (Å²) in [4.78, 5) is 51.3. The molecule has 4 heterocycles. The second-order valence-electron chi connectivity index (χ2n) is 12.3. The number of hydrogen-bond acceptors (Lipinski definition) is 7. The third-order valence-corrected chi connectivity index (χ3v) is 11.7. The topological polar surface area (TPSA) is 93.6 Å². The van der Waals surface area contributed by atoms with Gasteiger partial charge in [-0.25, -0.2) is 0 Å². The number of ether oxygens (including phenoxy) is 1. The van der Waals surface area contributed by atoms with E-state index >= 15 is 0 Å². The zero-order chi connectivity index (χ0) is 31.1. The molecule has 1 aromatic carbocycles. The van der Waals surface area contributed by atoms with Crippen molar-refractivity contribution in [3.63, 3.8) is 0 Å². The Labute approximate surface area is 266 Å². The minimum Gasteiger partial charge on any atom is -0.396 e. The molecule has 0 radical (unpaired) electrons. The van der Waals surface area contributed by atoms with E-state index in [2.05, 4.69) is 18.1 Å². The molecule has 4 saturated heterocycles. The fourth-order valence-corrected chi connectivity index (χ4v) is 9.85. The van der Waals surface area contributed by atoms with Crippen molar-refractivity contribution in [1.82, 2.24) is 14.7 Å². The van der Waals surface area contributed by atoms with Crippen molar-refractivity contribution in [3.05, 3.63) is 55.6 Å². The maximum atomic E-state index is 14.6. The number of para-hydroxylation sites is 1. The van der Waals surface area contributed by atoms with Gasteiger partial charge in [0.05, 0.1) is 29.8 Å². The number of likely N-dealkylation sites (tertiary alicyclic amines) is 1. The van der Waals surface area contributed by atoms with Gasteiger partial charge in [0.25, 0.3) is 0 Å². The van der Waals surface area contributed by atoms with Gasteiger partial charge in [0, 0.05) is 63.4 Å². The first kappa shape index (κ1) is 32.7. The van der Waals surface area contributed by atoms with Crippen LogP contribution in [0.5, 0.6) is 0 Å². The molecule has 0 aliphatic carbocycles. The molecule has 5 rings (SSSR count). The van der Waals surface area contributed by atoms with Crippen LogP contribution in [0.2, 0.25) is 0 Å². The second-order valence-corrected chi connectivity index (χ2v) is 13.9. The van der Waals surface area contributed by atoms with E-state index in [1.54, 1.807) is 28.8 Å². The summed E-state index contributed by atoms with van der Waals surface area (Å²) in [6, 6.07) is 8.97. The van der Waals surface area contributed by atoms with Gasteiger partial charge in [-0.2, -0.15) is 0 Å². The Hall–Kier alpha value is -2.66. The Bertz CT molecular complexity index is 1180. The average Bonchev–Trinajstić information content (AvgIpc) is 3.69. The first-order valence-corrected chi connectivity index (χ1v) is 17.1. The number of thioether (sulfide) groups is 1. The summed E-state index contributed by atoms with van der Waals surface area (Å²) in [6.07, 6.45) is 8.28. The standard InChI is InChI=1S/C34H48N4O5S/c1-3-16-36(20-19-35-21-24-43-25-22-35)33(42)30-34-15-14-27(44-34)28(29(34)32(41)38(30)18-10-5-6-11-23-39)31(40)37(17-4-2)26-12-8-7-9-13-26/h3-4,7-9,12-13,27-30,39H,1-2,5-6,10-11,14-25H2/t27-,28+,29+,30?,34?/m1/s1. The van der Waals surface area contributed by atoms with Gasteiger partial charge in [-0.05, 0) is 37.8 Å². The van der Waals surface area contributed by atoms with Crippen LogP contribution in [0.4, 0.5) is 5.69 Å². The van der Waals surface area contributed by atoms with E-state index < -0.39 is 22.6 Å². The Morgan fingerprint density at radius 1 is 1.02 bits per heavy atom. The van der Waals surface area contributed by atoms with Gasteiger partial charge in [0.15, 0.2) is 0 Å². The molecule has 9 nitrogen and oxygen atoms in total. The molecule has 0 aromatic heterocycles. The molecule has 3 amide bonds. The molecular formula is C34H48N4O5S. The lowest BCUT2D eigenvalue weighted by Crippen LogP contribution is -2.56. The number of unbranched alkanes of at least 4 members (excludes halogenated alkanes) is 3. The predicted molar refractivity (Wildman–Crippen MR) is 174 cm³/mol. The molecule has 10 heteroatoms. The van der Waals surface area contributed by atoms with E-state index in [4.69, 9.17) is 4.74 Å². The fraction of sp³-hybridized carbons (Fsp3) is 0.618. The van der Waals surface area contributed by atoms with Gasteiger partial charge in [0.2, 0.25) is 17.7 Å². The smallest absolute Gasteiger partial charge is 0.247 e. The van der Waals surface area contributed by atoms with E-state index in [0.717, 1.165) is 63.8 Å². The van der Waals surface area contributed by atoms with Crippen molar-refractivity contribution >= 4 is 35.2 Å². The van der Waals surface area contributed by atoms with Gasteiger partial charge < -0.3 is 24.5 Å². The highest BCUT2D eigenvalue weighted by atomic mass is 32.2. The number of carbonyl (C=O) groups excluding carboxylic acids is 3. The summed E-state index contributed by atoms with van der Waals surface area (Å²) in [5, 5.41) is 9.23. The Morgan fingerprint density at radius 3 is 2.45 bits per heavy atom.